The van der Waals surface area contributed by atoms with Crippen molar-refractivity contribution in [2.45, 2.75) is 19.3 Å². The van der Waals surface area contributed by atoms with Gasteiger partial charge in [0, 0.05) is 17.0 Å². The van der Waals surface area contributed by atoms with Gasteiger partial charge in [0.05, 0.1) is 13.2 Å². The van der Waals surface area contributed by atoms with Gasteiger partial charge in [-0.1, -0.05) is 0 Å². The van der Waals surface area contributed by atoms with Crippen molar-refractivity contribution in [1.82, 2.24) is 10.0 Å². The highest BCUT2D eigenvalue weighted by atomic mass is 35.5. The van der Waals surface area contributed by atoms with Crippen molar-refractivity contribution in [1.29, 1.82) is 0 Å². The average Bonchev–Trinajstić information content (AvgIpc) is 2.39. The van der Waals surface area contributed by atoms with E-state index in [-0.39, 0.29) is 12.4 Å². The lowest BCUT2D eigenvalue weighted by molar-refractivity contribution is 0.147. The lowest BCUT2D eigenvalue weighted by atomic mass is 9.96. The number of hydrogen-bond acceptors (Lipinski definition) is 3. The zero-order valence-corrected chi connectivity index (χ0v) is 11.9. The molecule has 0 radical (unpaired) electrons. The number of halogens is 1. The smallest absolute Gasteiger partial charge is 0.146 e. The van der Waals surface area contributed by atoms with Gasteiger partial charge in [0.25, 0.3) is 0 Å². The number of allylic oxidation sites excluding steroid dienone is 1. The number of ether oxygens (including phenoxy) is 1. The number of hydrogen-bond donors (Lipinski definition) is 2. The van der Waals surface area contributed by atoms with Gasteiger partial charge >= 0.3 is 0 Å². The molecule has 0 aromatic rings. The second-order valence-corrected chi connectivity index (χ2v) is 5.96. The summed E-state index contributed by atoms with van der Waals surface area (Å²) in [6.45, 7) is 3.46. The predicted octanol–water partition coefficient (Wildman–Crippen LogP) is 1.23. The molecule has 0 spiro atoms. The molecule has 102 valence electrons. The van der Waals surface area contributed by atoms with E-state index in [1.54, 1.807) is 0 Å². The highest BCUT2D eigenvalue weighted by Gasteiger charge is 2.27. The van der Waals surface area contributed by atoms with E-state index in [2.05, 4.69) is 16.1 Å². The molecule has 4 nitrogen and oxygen atoms in total. The Bertz CT molecular complexity index is 403. The third-order valence-corrected chi connectivity index (χ3v) is 4.94. The van der Waals surface area contributed by atoms with E-state index in [0.29, 0.717) is 12.5 Å². The first kappa shape index (κ1) is 14.1. The van der Waals surface area contributed by atoms with Crippen LogP contribution in [-0.2, 0) is 15.7 Å². The SMILES string of the molecule is Cl.O=S1NC2=C(C=C1C1CCNCC1)COCC2. The Balaban J connectivity index is 0.00000120. The molecule has 3 aliphatic heterocycles. The molecule has 1 atom stereocenters. The van der Waals surface area contributed by atoms with E-state index < -0.39 is 11.0 Å². The number of nitrogens with one attached hydrogen (secondary N) is 2. The zero-order valence-electron chi connectivity index (χ0n) is 10.2. The van der Waals surface area contributed by atoms with Gasteiger partial charge in [0.1, 0.15) is 11.0 Å². The Morgan fingerprint density at radius 3 is 2.89 bits per heavy atom. The molecule has 0 amide bonds. The minimum absolute atomic E-state index is 0. The van der Waals surface area contributed by atoms with Gasteiger partial charge in [-0.05, 0) is 43.5 Å². The van der Waals surface area contributed by atoms with Crippen LogP contribution in [0.5, 0.6) is 0 Å². The standard InChI is InChI=1S/C12H18N2O2S.ClH/c15-17-12(9-1-4-13-5-2-9)7-10-8-16-6-3-11(10)14-17;/h7,9,13-14H,1-6,8H2;1H. The summed E-state index contributed by atoms with van der Waals surface area (Å²) < 4.78 is 20.8. The summed E-state index contributed by atoms with van der Waals surface area (Å²) in [6, 6.07) is 0. The monoisotopic (exact) mass is 290 g/mol. The minimum Gasteiger partial charge on any atom is -0.376 e. The molecule has 6 heteroatoms. The Labute approximate surface area is 116 Å². The van der Waals surface area contributed by atoms with Crippen LogP contribution in [0.25, 0.3) is 0 Å². The van der Waals surface area contributed by atoms with E-state index in [4.69, 9.17) is 4.74 Å². The van der Waals surface area contributed by atoms with Gasteiger partial charge in [-0.2, -0.15) is 0 Å². The molecule has 2 N–H and O–H groups in total. The van der Waals surface area contributed by atoms with Gasteiger partial charge in [0.2, 0.25) is 0 Å². The summed E-state index contributed by atoms with van der Waals surface area (Å²) in [6.07, 6.45) is 5.15. The second-order valence-electron chi connectivity index (χ2n) is 4.75. The predicted molar refractivity (Wildman–Crippen MR) is 74.7 cm³/mol. The Morgan fingerprint density at radius 1 is 1.33 bits per heavy atom. The maximum absolute atomic E-state index is 12.2. The molecule has 0 bridgehead atoms. The van der Waals surface area contributed by atoms with E-state index in [0.717, 1.165) is 49.6 Å². The van der Waals surface area contributed by atoms with Crippen molar-refractivity contribution < 1.29 is 8.95 Å². The number of rotatable bonds is 1. The van der Waals surface area contributed by atoms with Crippen LogP contribution in [-0.4, -0.2) is 30.5 Å². The Morgan fingerprint density at radius 2 is 2.11 bits per heavy atom. The van der Waals surface area contributed by atoms with Crippen LogP contribution < -0.4 is 10.0 Å². The minimum atomic E-state index is -1.02. The molecule has 0 aliphatic carbocycles. The molecule has 0 aromatic heterocycles. The molecule has 1 fully saturated rings. The normalized spacial score (nSPS) is 28.9. The van der Waals surface area contributed by atoms with Gasteiger partial charge < -0.3 is 14.8 Å². The lowest BCUT2D eigenvalue weighted by Gasteiger charge is -2.30. The van der Waals surface area contributed by atoms with Crippen LogP contribution in [0, 0.1) is 5.92 Å². The number of piperidine rings is 1. The first-order valence-electron chi connectivity index (χ1n) is 6.25. The third kappa shape index (κ3) is 2.79. The molecule has 3 rings (SSSR count). The highest BCUT2D eigenvalue weighted by molar-refractivity contribution is 7.87. The molecule has 0 saturated carbocycles. The van der Waals surface area contributed by atoms with Crippen LogP contribution in [0.15, 0.2) is 22.3 Å². The van der Waals surface area contributed by atoms with E-state index >= 15 is 0 Å². The fraction of sp³-hybridized carbons (Fsp3) is 0.667. The summed E-state index contributed by atoms with van der Waals surface area (Å²) in [7, 11) is -1.02. The molecular weight excluding hydrogens is 272 g/mol. The molecule has 18 heavy (non-hydrogen) atoms. The van der Waals surface area contributed by atoms with Crippen LogP contribution in [0.2, 0.25) is 0 Å². The van der Waals surface area contributed by atoms with Gasteiger partial charge in [-0.15, -0.1) is 12.4 Å². The van der Waals surface area contributed by atoms with E-state index in [1.807, 2.05) is 0 Å². The molecule has 1 saturated heterocycles. The first-order chi connectivity index (χ1) is 8.34. The summed E-state index contributed by atoms with van der Waals surface area (Å²) in [5.41, 5.74) is 2.32. The molecule has 0 aromatic carbocycles. The average molecular weight is 291 g/mol. The van der Waals surface area contributed by atoms with Gasteiger partial charge in [0.15, 0.2) is 0 Å². The lowest BCUT2D eigenvalue weighted by Crippen LogP contribution is -2.34. The van der Waals surface area contributed by atoms with E-state index in [9.17, 15) is 4.21 Å². The van der Waals surface area contributed by atoms with Crippen molar-refractivity contribution >= 4 is 23.4 Å². The van der Waals surface area contributed by atoms with Crippen LogP contribution in [0.3, 0.4) is 0 Å². The Hall–Kier alpha value is -0.360. The van der Waals surface area contributed by atoms with Crippen LogP contribution >= 0.6 is 12.4 Å². The third-order valence-electron chi connectivity index (χ3n) is 3.63. The quantitative estimate of drug-likeness (QED) is 0.764. The van der Waals surface area contributed by atoms with Gasteiger partial charge in [-0.25, -0.2) is 4.21 Å². The molecular formula is C12H19ClN2O2S. The van der Waals surface area contributed by atoms with Crippen molar-refractivity contribution in [2.24, 2.45) is 5.92 Å². The maximum atomic E-state index is 12.2. The summed E-state index contributed by atoms with van der Waals surface area (Å²) in [5.74, 6) is 0.459. The zero-order chi connectivity index (χ0) is 11.7. The Kier molecular flexibility index (Phi) is 4.84. The van der Waals surface area contributed by atoms with Crippen LogP contribution in [0.4, 0.5) is 0 Å². The fourth-order valence-electron chi connectivity index (χ4n) is 2.62. The second kappa shape index (κ2) is 6.19. The molecule has 3 heterocycles. The topological polar surface area (TPSA) is 50.4 Å². The first-order valence-corrected chi connectivity index (χ1v) is 7.40. The summed E-state index contributed by atoms with van der Waals surface area (Å²) in [4.78, 5) is 1.07. The van der Waals surface area contributed by atoms with E-state index in [1.165, 1.54) is 5.57 Å². The maximum Gasteiger partial charge on any atom is 0.146 e. The fourth-order valence-corrected chi connectivity index (χ4v) is 3.98. The van der Waals surface area contributed by atoms with Gasteiger partial charge in [-0.3, -0.25) is 0 Å². The molecule has 3 aliphatic rings. The highest BCUT2D eigenvalue weighted by Crippen LogP contribution is 2.30. The molecule has 1 unspecified atom stereocenters. The van der Waals surface area contributed by atoms with Crippen molar-refractivity contribution in [3.63, 3.8) is 0 Å². The largest absolute Gasteiger partial charge is 0.376 e. The summed E-state index contributed by atoms with van der Waals surface area (Å²) in [5, 5.41) is 3.34. The van der Waals surface area contributed by atoms with Crippen molar-refractivity contribution in [3.05, 3.63) is 22.3 Å². The summed E-state index contributed by atoms with van der Waals surface area (Å²) >= 11 is 0. The van der Waals surface area contributed by atoms with Crippen molar-refractivity contribution in [3.8, 4) is 0 Å². The van der Waals surface area contributed by atoms with Crippen LogP contribution in [0.1, 0.15) is 19.3 Å². The van der Waals surface area contributed by atoms with Crippen molar-refractivity contribution in [2.75, 3.05) is 26.3 Å².